The van der Waals surface area contributed by atoms with Gasteiger partial charge in [0.2, 0.25) is 5.91 Å². The lowest BCUT2D eigenvalue weighted by molar-refractivity contribution is -0.253. The second kappa shape index (κ2) is 7.76. The van der Waals surface area contributed by atoms with E-state index in [9.17, 15) is 20.1 Å². The molecule has 5 atom stereocenters. The average molecular weight is 277 g/mol. The molecule has 1 unspecified atom stereocenters. The summed E-state index contributed by atoms with van der Waals surface area (Å²) >= 11 is 0. The van der Waals surface area contributed by atoms with Crippen molar-refractivity contribution >= 4 is 5.91 Å². The van der Waals surface area contributed by atoms with Crippen molar-refractivity contribution in [1.82, 2.24) is 5.32 Å². The molecule has 1 aliphatic rings. The first-order valence-corrected chi connectivity index (χ1v) is 6.61. The Balaban J connectivity index is 2.50. The Labute approximate surface area is 112 Å². The largest absolute Gasteiger partial charge is 0.394 e. The van der Waals surface area contributed by atoms with E-state index < -0.39 is 37.3 Å². The highest BCUT2D eigenvalue weighted by Gasteiger charge is 2.44. The van der Waals surface area contributed by atoms with E-state index in [1.54, 1.807) is 0 Å². The molecule has 0 aromatic heterocycles. The average Bonchev–Trinajstić information content (AvgIpc) is 2.39. The molecule has 0 bridgehead atoms. The van der Waals surface area contributed by atoms with Gasteiger partial charge in [0.05, 0.1) is 6.61 Å². The van der Waals surface area contributed by atoms with Crippen molar-refractivity contribution in [2.75, 3.05) is 6.61 Å². The number of hydrogen-bond donors (Lipinski definition) is 5. The molecule has 0 aliphatic carbocycles. The highest BCUT2D eigenvalue weighted by atomic mass is 16.6. The van der Waals surface area contributed by atoms with Crippen LogP contribution in [0.2, 0.25) is 0 Å². The summed E-state index contributed by atoms with van der Waals surface area (Å²) in [5.41, 5.74) is 0. The monoisotopic (exact) mass is 277 g/mol. The van der Waals surface area contributed by atoms with Crippen molar-refractivity contribution in [3.63, 3.8) is 0 Å². The van der Waals surface area contributed by atoms with Crippen molar-refractivity contribution in [2.45, 2.75) is 63.3 Å². The maximum atomic E-state index is 11.6. The number of ether oxygens (including phenoxy) is 1. The summed E-state index contributed by atoms with van der Waals surface area (Å²) in [7, 11) is 0. The summed E-state index contributed by atoms with van der Waals surface area (Å²) in [6, 6.07) is -1.09. The highest BCUT2D eigenvalue weighted by Crippen LogP contribution is 2.19. The van der Waals surface area contributed by atoms with E-state index >= 15 is 0 Å². The van der Waals surface area contributed by atoms with Gasteiger partial charge >= 0.3 is 0 Å². The third-order valence-electron chi connectivity index (χ3n) is 3.24. The van der Waals surface area contributed by atoms with Crippen molar-refractivity contribution in [3.8, 4) is 0 Å². The van der Waals surface area contributed by atoms with Crippen LogP contribution < -0.4 is 5.32 Å². The molecule has 0 saturated carbocycles. The molecule has 0 spiro atoms. The zero-order valence-corrected chi connectivity index (χ0v) is 11.0. The number of carbonyl (C=O) groups is 1. The van der Waals surface area contributed by atoms with Crippen LogP contribution >= 0.6 is 0 Å². The van der Waals surface area contributed by atoms with Crippen LogP contribution in [0.25, 0.3) is 0 Å². The summed E-state index contributed by atoms with van der Waals surface area (Å²) in [5, 5.41) is 40.5. The standard InChI is InChI=1S/C12H23NO6/c1-2-3-4-5-8(15)13-9-11(17)10(16)7(6-14)19-12(9)18/h7,9-12,14,16-18H,2-6H2,1H3,(H,13,15)/t7-,9+,10-,11-,12?/m1/s1. The fourth-order valence-electron chi connectivity index (χ4n) is 2.05. The quantitative estimate of drug-likeness (QED) is 0.376. The van der Waals surface area contributed by atoms with Gasteiger partial charge in [-0.1, -0.05) is 19.8 Å². The normalized spacial score (nSPS) is 35.1. The number of amides is 1. The van der Waals surface area contributed by atoms with E-state index in [4.69, 9.17) is 9.84 Å². The Morgan fingerprint density at radius 3 is 2.47 bits per heavy atom. The van der Waals surface area contributed by atoms with E-state index in [1.165, 1.54) is 0 Å². The Morgan fingerprint density at radius 2 is 1.89 bits per heavy atom. The third-order valence-corrected chi connectivity index (χ3v) is 3.24. The lowest BCUT2D eigenvalue weighted by Gasteiger charge is -2.40. The molecule has 7 heteroatoms. The molecular formula is C12H23NO6. The molecule has 112 valence electrons. The van der Waals surface area contributed by atoms with Crippen LogP contribution in [-0.4, -0.2) is 63.6 Å². The van der Waals surface area contributed by atoms with Crippen LogP contribution in [0.15, 0.2) is 0 Å². The first-order valence-electron chi connectivity index (χ1n) is 6.61. The van der Waals surface area contributed by atoms with E-state index in [0.29, 0.717) is 6.42 Å². The molecule has 1 fully saturated rings. The Kier molecular flexibility index (Phi) is 6.67. The molecule has 1 saturated heterocycles. The fourth-order valence-corrected chi connectivity index (χ4v) is 2.05. The number of aliphatic hydroxyl groups excluding tert-OH is 4. The van der Waals surface area contributed by atoms with Crippen LogP contribution in [-0.2, 0) is 9.53 Å². The maximum Gasteiger partial charge on any atom is 0.220 e. The second-order valence-corrected chi connectivity index (χ2v) is 4.78. The van der Waals surface area contributed by atoms with Crippen LogP contribution in [0.5, 0.6) is 0 Å². The zero-order chi connectivity index (χ0) is 14.4. The second-order valence-electron chi connectivity index (χ2n) is 4.78. The molecule has 5 N–H and O–H groups in total. The number of unbranched alkanes of at least 4 members (excludes halogenated alkanes) is 2. The molecule has 7 nitrogen and oxygen atoms in total. The number of nitrogens with one attached hydrogen (secondary N) is 1. The van der Waals surface area contributed by atoms with Gasteiger partial charge in [0.1, 0.15) is 24.4 Å². The number of aliphatic hydroxyl groups is 4. The minimum atomic E-state index is -1.45. The van der Waals surface area contributed by atoms with Gasteiger partial charge in [-0.15, -0.1) is 0 Å². The summed E-state index contributed by atoms with van der Waals surface area (Å²) in [6.45, 7) is 1.50. The smallest absolute Gasteiger partial charge is 0.220 e. The molecule has 19 heavy (non-hydrogen) atoms. The molecule has 1 heterocycles. The van der Waals surface area contributed by atoms with Crippen molar-refractivity contribution in [3.05, 3.63) is 0 Å². The molecule has 0 aromatic rings. The van der Waals surface area contributed by atoms with Crippen molar-refractivity contribution < 1.29 is 30.0 Å². The summed E-state index contributed by atoms with van der Waals surface area (Å²) in [5.74, 6) is -0.310. The Morgan fingerprint density at radius 1 is 1.21 bits per heavy atom. The maximum absolute atomic E-state index is 11.6. The zero-order valence-electron chi connectivity index (χ0n) is 11.0. The molecule has 1 amide bonds. The first-order chi connectivity index (χ1) is 9.01. The minimum Gasteiger partial charge on any atom is -0.394 e. The number of hydrogen-bond acceptors (Lipinski definition) is 6. The topological polar surface area (TPSA) is 119 Å². The SMILES string of the molecule is CCCCCC(=O)N[C@@H]1C(O)O[C@H](CO)[C@@H](O)[C@@H]1O. The molecule has 0 aromatic carbocycles. The van der Waals surface area contributed by atoms with E-state index in [2.05, 4.69) is 5.32 Å². The van der Waals surface area contributed by atoms with Gasteiger partial charge in [0.25, 0.3) is 0 Å². The fraction of sp³-hybridized carbons (Fsp3) is 0.917. The van der Waals surface area contributed by atoms with Gasteiger partial charge in [-0.3, -0.25) is 4.79 Å². The molecule has 1 aliphatic heterocycles. The summed E-state index contributed by atoms with van der Waals surface area (Å²) in [6.07, 6.45) is -2.31. The molecular weight excluding hydrogens is 254 g/mol. The lowest BCUT2D eigenvalue weighted by Crippen LogP contribution is -2.64. The summed E-state index contributed by atoms with van der Waals surface area (Å²) in [4.78, 5) is 11.6. The van der Waals surface area contributed by atoms with Crippen LogP contribution in [0.4, 0.5) is 0 Å². The molecule has 0 radical (unpaired) electrons. The van der Waals surface area contributed by atoms with E-state index in [0.717, 1.165) is 19.3 Å². The Hall–Kier alpha value is -0.730. The van der Waals surface area contributed by atoms with Crippen molar-refractivity contribution in [1.29, 1.82) is 0 Å². The predicted molar refractivity (Wildman–Crippen MR) is 66.1 cm³/mol. The van der Waals surface area contributed by atoms with E-state index in [1.807, 2.05) is 6.92 Å². The van der Waals surface area contributed by atoms with Gasteiger partial charge in [-0.05, 0) is 6.42 Å². The van der Waals surface area contributed by atoms with Gasteiger partial charge in [-0.2, -0.15) is 0 Å². The lowest BCUT2D eigenvalue weighted by atomic mass is 9.97. The predicted octanol–water partition coefficient (Wildman–Crippen LogP) is -1.52. The summed E-state index contributed by atoms with van der Waals surface area (Å²) < 4.78 is 4.94. The third kappa shape index (κ3) is 4.39. The van der Waals surface area contributed by atoms with Gasteiger partial charge in [0, 0.05) is 6.42 Å². The van der Waals surface area contributed by atoms with Crippen LogP contribution in [0.1, 0.15) is 32.6 Å². The van der Waals surface area contributed by atoms with Crippen molar-refractivity contribution in [2.24, 2.45) is 0 Å². The highest BCUT2D eigenvalue weighted by molar-refractivity contribution is 5.76. The number of rotatable bonds is 6. The van der Waals surface area contributed by atoms with Gasteiger partial charge in [0.15, 0.2) is 6.29 Å². The first kappa shape index (κ1) is 16.3. The number of carbonyl (C=O) groups excluding carboxylic acids is 1. The molecule has 1 rings (SSSR count). The minimum absolute atomic E-state index is 0.295. The Bertz CT molecular complexity index is 287. The van der Waals surface area contributed by atoms with Gasteiger partial charge in [-0.25, -0.2) is 0 Å². The van der Waals surface area contributed by atoms with Crippen LogP contribution in [0.3, 0.4) is 0 Å². The van der Waals surface area contributed by atoms with Gasteiger partial charge < -0.3 is 30.5 Å². The van der Waals surface area contributed by atoms with E-state index in [-0.39, 0.29) is 5.91 Å². The van der Waals surface area contributed by atoms with Crippen LogP contribution in [0, 0.1) is 0 Å².